The van der Waals surface area contributed by atoms with Gasteiger partial charge in [0.2, 0.25) is 0 Å². The molecule has 0 saturated heterocycles. The molecule has 0 aliphatic carbocycles. The van der Waals surface area contributed by atoms with Crippen LogP contribution in [-0.2, 0) is 0 Å². The Hall–Kier alpha value is -2.60. The van der Waals surface area contributed by atoms with Crippen LogP contribution < -0.4 is 0 Å². The summed E-state index contributed by atoms with van der Waals surface area (Å²) < 4.78 is 0.679. The Bertz CT molecular complexity index is 938. The van der Waals surface area contributed by atoms with Gasteiger partial charge in [0.1, 0.15) is 0 Å². The molecule has 0 aliphatic rings. The van der Waals surface area contributed by atoms with E-state index < -0.39 is 5.97 Å². The monoisotopic (exact) mass is 369 g/mol. The number of fused-ring (bicyclic) bond motifs is 1. The average Bonchev–Trinajstić information content (AvgIpc) is 2.51. The van der Waals surface area contributed by atoms with Crippen LogP contribution in [0.5, 0.6) is 0 Å². The lowest BCUT2D eigenvalue weighted by atomic mass is 10.1. The first-order valence-electron chi connectivity index (χ1n) is 6.84. The lowest BCUT2D eigenvalue weighted by Crippen LogP contribution is -1.98. The van der Waals surface area contributed by atoms with Gasteiger partial charge in [-0.3, -0.25) is 0 Å². The van der Waals surface area contributed by atoms with E-state index in [0.29, 0.717) is 26.9 Å². The van der Waals surface area contributed by atoms with Crippen molar-refractivity contribution in [1.82, 2.24) is 15.0 Å². The molecule has 0 spiro atoms. The molecule has 6 heteroatoms. The number of hydrogen-bond acceptors (Lipinski definition) is 4. The molecule has 1 aromatic carbocycles. The van der Waals surface area contributed by atoms with E-state index in [1.165, 1.54) is 0 Å². The van der Waals surface area contributed by atoms with Gasteiger partial charge in [-0.15, -0.1) is 0 Å². The number of benzene rings is 1. The van der Waals surface area contributed by atoms with Gasteiger partial charge in [0.15, 0.2) is 5.82 Å². The van der Waals surface area contributed by atoms with Crippen LogP contribution in [0, 0.1) is 6.92 Å². The summed E-state index contributed by atoms with van der Waals surface area (Å²) in [5.74, 6) is -0.373. The molecular formula is C17H12BrN3O2. The maximum absolute atomic E-state index is 11.3. The molecule has 0 unspecified atom stereocenters. The number of aromatic carboxylic acids is 1. The fourth-order valence-electron chi connectivity index (χ4n) is 2.19. The van der Waals surface area contributed by atoms with E-state index in [-0.39, 0.29) is 5.56 Å². The summed E-state index contributed by atoms with van der Waals surface area (Å²) in [6.07, 6.45) is 5.28. The summed E-state index contributed by atoms with van der Waals surface area (Å²) in [6.45, 7) is 1.90. The number of aryl methyl sites for hydroxylation is 1. The number of rotatable bonds is 3. The molecular weight excluding hydrogens is 358 g/mol. The third-order valence-electron chi connectivity index (χ3n) is 3.24. The number of halogens is 1. The second-order valence-corrected chi connectivity index (χ2v) is 5.87. The van der Waals surface area contributed by atoms with Crippen LogP contribution in [0.2, 0.25) is 0 Å². The van der Waals surface area contributed by atoms with Gasteiger partial charge in [-0.2, -0.15) is 0 Å². The molecule has 3 rings (SSSR count). The van der Waals surface area contributed by atoms with Crippen LogP contribution in [0.4, 0.5) is 0 Å². The molecule has 114 valence electrons. The van der Waals surface area contributed by atoms with Crippen molar-refractivity contribution in [3.63, 3.8) is 0 Å². The fourth-order valence-corrected chi connectivity index (χ4v) is 2.64. The van der Waals surface area contributed by atoms with Crippen molar-refractivity contribution < 1.29 is 9.90 Å². The summed E-state index contributed by atoms with van der Waals surface area (Å²) in [6, 6.07) is 8.73. The number of carboxylic acids is 1. The van der Waals surface area contributed by atoms with E-state index >= 15 is 0 Å². The van der Waals surface area contributed by atoms with Gasteiger partial charge in [0.05, 0.1) is 16.8 Å². The van der Waals surface area contributed by atoms with Gasteiger partial charge >= 0.3 is 5.97 Å². The lowest BCUT2D eigenvalue weighted by Gasteiger charge is -2.04. The zero-order chi connectivity index (χ0) is 16.4. The zero-order valence-electron chi connectivity index (χ0n) is 12.2. The molecule has 0 radical (unpaired) electrons. The number of hydrogen-bond donors (Lipinski definition) is 1. The van der Waals surface area contributed by atoms with E-state index in [0.717, 1.165) is 5.69 Å². The molecule has 0 atom stereocenters. The van der Waals surface area contributed by atoms with Crippen LogP contribution in [0.1, 0.15) is 27.6 Å². The van der Waals surface area contributed by atoms with Crippen molar-refractivity contribution in [1.29, 1.82) is 0 Å². The van der Waals surface area contributed by atoms with E-state index in [9.17, 15) is 9.90 Å². The Balaban J connectivity index is 2.02. The highest BCUT2D eigenvalue weighted by molar-refractivity contribution is 9.10. The largest absolute Gasteiger partial charge is 0.478 e. The Kier molecular flexibility index (Phi) is 4.16. The minimum atomic E-state index is -0.977. The quantitative estimate of drug-likeness (QED) is 0.755. The third kappa shape index (κ3) is 3.43. The first-order chi connectivity index (χ1) is 11.0. The van der Waals surface area contributed by atoms with Crippen molar-refractivity contribution in [3.05, 3.63) is 63.8 Å². The fraction of sp³-hybridized carbons (Fsp3) is 0.0588. The smallest absolute Gasteiger partial charge is 0.336 e. The van der Waals surface area contributed by atoms with Crippen LogP contribution >= 0.6 is 15.9 Å². The molecule has 23 heavy (non-hydrogen) atoms. The molecule has 3 aromatic rings. The molecule has 2 heterocycles. The second kappa shape index (κ2) is 6.26. The van der Waals surface area contributed by atoms with Crippen LogP contribution in [-0.4, -0.2) is 26.0 Å². The van der Waals surface area contributed by atoms with Gasteiger partial charge in [-0.25, -0.2) is 19.7 Å². The Morgan fingerprint density at radius 3 is 2.74 bits per heavy atom. The number of nitrogens with zero attached hydrogens (tertiary/aromatic N) is 3. The minimum absolute atomic E-state index is 0.222. The first kappa shape index (κ1) is 15.3. The number of carbonyl (C=O) groups is 1. The van der Waals surface area contributed by atoms with E-state index in [2.05, 4.69) is 30.9 Å². The highest BCUT2D eigenvalue weighted by atomic mass is 79.9. The molecule has 0 saturated carbocycles. The van der Waals surface area contributed by atoms with Crippen LogP contribution in [0.25, 0.3) is 23.1 Å². The van der Waals surface area contributed by atoms with Crippen molar-refractivity contribution >= 4 is 45.0 Å². The van der Waals surface area contributed by atoms with Gasteiger partial charge in [-0.05, 0) is 49.4 Å². The van der Waals surface area contributed by atoms with Crippen molar-refractivity contribution in [2.24, 2.45) is 0 Å². The Labute approximate surface area is 140 Å². The summed E-state index contributed by atoms with van der Waals surface area (Å²) in [5.41, 5.74) is 2.43. The zero-order valence-corrected chi connectivity index (χ0v) is 13.8. The SMILES string of the molecule is Cc1ccnc(C=Cc2ccc3c(C(=O)O)cc(Br)cc3n2)n1. The summed E-state index contributed by atoms with van der Waals surface area (Å²) in [4.78, 5) is 24.2. The number of aromatic nitrogens is 3. The van der Waals surface area contributed by atoms with E-state index in [4.69, 9.17) is 0 Å². The highest BCUT2D eigenvalue weighted by Gasteiger charge is 2.10. The van der Waals surface area contributed by atoms with Gasteiger partial charge < -0.3 is 5.11 Å². The topological polar surface area (TPSA) is 76.0 Å². The third-order valence-corrected chi connectivity index (χ3v) is 3.70. The van der Waals surface area contributed by atoms with Gasteiger partial charge in [0, 0.05) is 21.7 Å². The summed E-state index contributed by atoms with van der Waals surface area (Å²) in [5, 5.41) is 9.88. The van der Waals surface area contributed by atoms with E-state index in [1.54, 1.807) is 42.6 Å². The molecule has 0 amide bonds. The van der Waals surface area contributed by atoms with Crippen molar-refractivity contribution in [2.75, 3.05) is 0 Å². The Morgan fingerprint density at radius 2 is 2.00 bits per heavy atom. The Morgan fingerprint density at radius 1 is 1.17 bits per heavy atom. The number of pyridine rings is 1. The highest BCUT2D eigenvalue weighted by Crippen LogP contribution is 2.24. The molecule has 0 aliphatic heterocycles. The maximum atomic E-state index is 11.3. The number of carboxylic acid groups (broad SMARTS) is 1. The van der Waals surface area contributed by atoms with Crippen LogP contribution in [0.15, 0.2) is 41.0 Å². The normalized spacial score (nSPS) is 11.2. The predicted octanol–water partition coefficient (Wildman–Crippen LogP) is 3.96. The standard InChI is InChI=1S/C17H12BrN3O2/c1-10-6-7-19-16(20-10)5-3-12-2-4-13-14(17(22)23)8-11(18)9-15(13)21-12/h2-9H,1H3,(H,22,23). The molecule has 5 nitrogen and oxygen atoms in total. The summed E-state index contributed by atoms with van der Waals surface area (Å²) in [7, 11) is 0. The molecule has 0 fully saturated rings. The second-order valence-electron chi connectivity index (χ2n) is 4.95. The first-order valence-corrected chi connectivity index (χ1v) is 7.63. The minimum Gasteiger partial charge on any atom is -0.478 e. The van der Waals surface area contributed by atoms with Crippen LogP contribution in [0.3, 0.4) is 0 Å². The summed E-state index contributed by atoms with van der Waals surface area (Å²) >= 11 is 3.32. The molecule has 1 N–H and O–H groups in total. The molecule has 2 aromatic heterocycles. The van der Waals surface area contributed by atoms with Gasteiger partial charge in [-0.1, -0.05) is 15.9 Å². The van der Waals surface area contributed by atoms with Gasteiger partial charge in [0.25, 0.3) is 0 Å². The lowest BCUT2D eigenvalue weighted by molar-refractivity contribution is 0.0699. The predicted molar refractivity (Wildman–Crippen MR) is 92.1 cm³/mol. The molecule has 0 bridgehead atoms. The van der Waals surface area contributed by atoms with E-state index in [1.807, 2.05) is 13.0 Å². The van der Waals surface area contributed by atoms with Crippen molar-refractivity contribution in [3.8, 4) is 0 Å². The maximum Gasteiger partial charge on any atom is 0.336 e. The van der Waals surface area contributed by atoms with Crippen molar-refractivity contribution in [2.45, 2.75) is 6.92 Å². The average molecular weight is 370 g/mol.